The van der Waals surface area contributed by atoms with Crippen molar-refractivity contribution >= 4 is 28.8 Å². The van der Waals surface area contributed by atoms with Gasteiger partial charge in [0.05, 0.1) is 29.3 Å². The van der Waals surface area contributed by atoms with Gasteiger partial charge >= 0.3 is 0 Å². The van der Waals surface area contributed by atoms with Crippen LogP contribution in [-0.2, 0) is 28.2 Å². The van der Waals surface area contributed by atoms with E-state index in [1.165, 1.54) is 29.4 Å². The molecule has 1 unspecified atom stereocenters. The van der Waals surface area contributed by atoms with Crippen LogP contribution in [-0.4, -0.2) is 70.9 Å². The van der Waals surface area contributed by atoms with Crippen LogP contribution in [0.5, 0.6) is 0 Å². The summed E-state index contributed by atoms with van der Waals surface area (Å²) in [4.78, 5) is 0.0361. The quantitative estimate of drug-likeness (QED) is 0.0774. The van der Waals surface area contributed by atoms with Crippen molar-refractivity contribution in [2.24, 2.45) is 17.8 Å². The molecule has 1 saturated heterocycles. The van der Waals surface area contributed by atoms with Crippen molar-refractivity contribution in [3.05, 3.63) is 103 Å². The van der Waals surface area contributed by atoms with Gasteiger partial charge in [-0.25, -0.2) is 0 Å². The third kappa shape index (κ3) is 10.6. The molecule has 10 heteroatoms. The lowest BCUT2D eigenvalue weighted by molar-refractivity contribution is -0.287. The Bertz CT molecular complexity index is 1680. The van der Waals surface area contributed by atoms with Crippen LogP contribution < -0.4 is 10.4 Å². The molecule has 4 rings (SSSR count). The van der Waals surface area contributed by atoms with Gasteiger partial charge in [-0.1, -0.05) is 126 Å². The lowest BCUT2D eigenvalue weighted by Crippen LogP contribution is -2.67. The maximum atomic E-state index is 12.6. The van der Waals surface area contributed by atoms with Crippen molar-refractivity contribution in [1.29, 1.82) is 0 Å². The van der Waals surface area contributed by atoms with Gasteiger partial charge in [-0.2, -0.15) is 8.42 Å². The Morgan fingerprint density at radius 3 is 2.06 bits per heavy atom. The number of benzene rings is 3. The van der Waals surface area contributed by atoms with Gasteiger partial charge in [0.25, 0.3) is 18.4 Å². The summed E-state index contributed by atoms with van der Waals surface area (Å²) >= 11 is 0. The Labute approximate surface area is 326 Å². The molecular weight excluding hydrogens is 717 g/mol. The van der Waals surface area contributed by atoms with Gasteiger partial charge in [0.15, 0.2) is 5.79 Å². The Kier molecular flexibility index (Phi) is 15.1. The van der Waals surface area contributed by atoms with Crippen LogP contribution >= 0.6 is 0 Å². The standard InChI is InChI=1S/C44H64O8SSi/c1-10-36(31-51-54(42(5,6)7,39-19-13-11-14-20-39)40-21-15-12-16-22-40)41-34(3)30-35(4)44(49-9,52-41)28-17-18-37(45)27-29-43(8,46)32-50-53(47,48)38-25-23-33(2)24-26-38/h11-17,19-26,28,34-37,41,45-46H,10,18,27,29-32H2,1-9H3/b28-17-/t34-,35+,36-,37-,41-,43-,44?/m0/s1. The summed E-state index contributed by atoms with van der Waals surface area (Å²) in [5.74, 6) is -0.535. The first-order valence-electron chi connectivity index (χ1n) is 19.4. The monoisotopic (exact) mass is 780 g/mol. The highest BCUT2D eigenvalue weighted by molar-refractivity contribution is 7.86. The predicted molar refractivity (Wildman–Crippen MR) is 219 cm³/mol. The summed E-state index contributed by atoms with van der Waals surface area (Å²) in [5, 5.41) is 24.2. The molecule has 1 aliphatic heterocycles. The maximum Gasteiger partial charge on any atom is 0.297 e. The zero-order valence-electron chi connectivity index (χ0n) is 33.8. The second-order valence-corrected chi connectivity index (χ2v) is 22.5. The van der Waals surface area contributed by atoms with Gasteiger partial charge in [0.1, 0.15) is 0 Å². The zero-order chi connectivity index (χ0) is 39.8. The molecule has 54 heavy (non-hydrogen) atoms. The van der Waals surface area contributed by atoms with Crippen molar-refractivity contribution in [2.45, 2.75) is 121 Å². The number of hydrogen-bond acceptors (Lipinski definition) is 8. The first kappa shape index (κ1) is 44.0. The molecule has 0 saturated carbocycles. The molecule has 0 spiro atoms. The van der Waals surface area contributed by atoms with Crippen molar-refractivity contribution in [1.82, 2.24) is 0 Å². The lowest BCUT2D eigenvalue weighted by Gasteiger charge is -2.49. The fourth-order valence-corrected chi connectivity index (χ4v) is 13.5. The Hall–Kier alpha value is -2.67. The highest BCUT2D eigenvalue weighted by atomic mass is 32.2. The van der Waals surface area contributed by atoms with Gasteiger partial charge in [0, 0.05) is 25.6 Å². The van der Waals surface area contributed by atoms with Gasteiger partial charge in [-0.3, -0.25) is 4.18 Å². The predicted octanol–water partition coefficient (Wildman–Crippen LogP) is 7.55. The molecule has 1 aliphatic rings. The Morgan fingerprint density at radius 1 is 0.963 bits per heavy atom. The van der Waals surface area contributed by atoms with Gasteiger partial charge in [-0.05, 0) is 85.5 Å². The average Bonchev–Trinajstić information content (AvgIpc) is 3.14. The van der Waals surface area contributed by atoms with E-state index in [4.69, 9.17) is 18.1 Å². The number of methoxy groups -OCH3 is 1. The minimum Gasteiger partial charge on any atom is -0.407 e. The summed E-state index contributed by atoms with van der Waals surface area (Å²) < 4.78 is 51.0. The number of aliphatic hydroxyl groups excluding tert-OH is 1. The topological polar surface area (TPSA) is 112 Å². The molecule has 298 valence electrons. The molecule has 0 aromatic heterocycles. The van der Waals surface area contributed by atoms with E-state index in [0.29, 0.717) is 13.0 Å². The van der Waals surface area contributed by atoms with E-state index in [1.807, 2.05) is 19.1 Å². The number of hydrogen-bond donors (Lipinski definition) is 2. The van der Waals surface area contributed by atoms with Crippen molar-refractivity contribution in [3.8, 4) is 0 Å². The molecule has 0 radical (unpaired) electrons. The molecule has 2 N–H and O–H groups in total. The first-order chi connectivity index (χ1) is 25.4. The second-order valence-electron chi connectivity index (χ2n) is 16.6. The fourth-order valence-electron chi connectivity index (χ4n) is 7.86. The summed E-state index contributed by atoms with van der Waals surface area (Å²) in [6.45, 7) is 17.0. The third-order valence-corrected chi connectivity index (χ3v) is 17.4. The van der Waals surface area contributed by atoms with Crippen LogP contribution in [0.2, 0.25) is 5.04 Å². The Balaban J connectivity index is 1.43. The van der Waals surface area contributed by atoms with Crippen molar-refractivity contribution < 1.29 is 36.7 Å². The molecular formula is C44H64O8SSi. The van der Waals surface area contributed by atoms with E-state index in [1.54, 1.807) is 19.2 Å². The first-order valence-corrected chi connectivity index (χ1v) is 22.7. The van der Waals surface area contributed by atoms with Crippen molar-refractivity contribution in [2.75, 3.05) is 20.3 Å². The van der Waals surface area contributed by atoms with Crippen LogP contribution in [0.3, 0.4) is 0 Å². The minimum absolute atomic E-state index is 0.0361. The Morgan fingerprint density at radius 2 is 1.54 bits per heavy atom. The molecule has 3 aromatic rings. The zero-order valence-corrected chi connectivity index (χ0v) is 35.6. The number of aryl methyl sites for hydroxylation is 1. The number of ether oxygens (including phenoxy) is 2. The fraction of sp³-hybridized carbons (Fsp3) is 0.545. The molecule has 0 amide bonds. The minimum atomic E-state index is -4.02. The van der Waals surface area contributed by atoms with Gasteiger partial charge < -0.3 is 24.1 Å². The van der Waals surface area contributed by atoms with Gasteiger partial charge in [0.2, 0.25) is 0 Å². The third-order valence-electron chi connectivity index (χ3n) is 11.1. The number of rotatable bonds is 18. The molecule has 1 heterocycles. The maximum absolute atomic E-state index is 12.6. The molecule has 0 bridgehead atoms. The lowest BCUT2D eigenvalue weighted by atomic mass is 9.78. The smallest absolute Gasteiger partial charge is 0.297 e. The molecule has 8 nitrogen and oxygen atoms in total. The largest absolute Gasteiger partial charge is 0.407 e. The van der Waals surface area contributed by atoms with Crippen LogP contribution in [0, 0.1) is 24.7 Å². The molecule has 1 fully saturated rings. The van der Waals surface area contributed by atoms with Crippen LogP contribution in [0.25, 0.3) is 0 Å². The molecule has 7 atom stereocenters. The summed E-state index contributed by atoms with van der Waals surface area (Å²) in [5.41, 5.74) is -0.520. The average molecular weight is 781 g/mol. The van der Waals surface area contributed by atoms with Crippen LogP contribution in [0.15, 0.2) is 102 Å². The van der Waals surface area contributed by atoms with E-state index < -0.39 is 42.5 Å². The van der Waals surface area contributed by atoms with E-state index in [2.05, 4.69) is 102 Å². The van der Waals surface area contributed by atoms with Crippen molar-refractivity contribution in [3.63, 3.8) is 0 Å². The molecule has 0 aliphatic carbocycles. The summed E-state index contributed by atoms with van der Waals surface area (Å²) in [6.07, 6.45) is 5.42. The molecule has 3 aromatic carbocycles. The number of aliphatic hydroxyl groups is 2. The van der Waals surface area contributed by atoms with Gasteiger partial charge in [-0.15, -0.1) is 0 Å². The van der Waals surface area contributed by atoms with Crippen LogP contribution in [0.1, 0.15) is 86.1 Å². The highest BCUT2D eigenvalue weighted by Gasteiger charge is 2.52. The van der Waals surface area contributed by atoms with E-state index in [-0.39, 0.29) is 46.6 Å². The second kappa shape index (κ2) is 18.5. The summed E-state index contributed by atoms with van der Waals surface area (Å²) in [7, 11) is -5.09. The SMILES string of the molecule is CC[C@@H](CO[Si](c1ccccc1)(c1ccccc1)C(C)(C)C)[C@H]1OC(/C=C\C[C@H](O)CC[C@](C)(O)COS(=O)(=O)c2ccc(C)cc2)(OC)[C@H](C)C[C@@H]1C. The van der Waals surface area contributed by atoms with Crippen LogP contribution in [0.4, 0.5) is 0 Å². The summed E-state index contributed by atoms with van der Waals surface area (Å²) in [6, 6.07) is 27.8. The normalized spacial score (nSPS) is 23.6. The van der Waals surface area contributed by atoms with E-state index >= 15 is 0 Å². The van der Waals surface area contributed by atoms with E-state index in [0.717, 1.165) is 18.4 Å². The highest BCUT2D eigenvalue weighted by Crippen LogP contribution is 2.43. The van der Waals surface area contributed by atoms with E-state index in [9.17, 15) is 18.6 Å².